The first-order valence-corrected chi connectivity index (χ1v) is 6.56. The summed E-state index contributed by atoms with van der Waals surface area (Å²) in [5.41, 5.74) is 3.29. The normalized spacial score (nSPS) is 12.6. The van der Waals surface area contributed by atoms with Crippen molar-refractivity contribution < 1.29 is 0 Å². The molecule has 1 atom stereocenters. The number of rotatable bonds is 1. The summed E-state index contributed by atoms with van der Waals surface area (Å²) >= 11 is 0. The van der Waals surface area contributed by atoms with Gasteiger partial charge in [0, 0.05) is 5.92 Å². The van der Waals surface area contributed by atoms with Crippen molar-refractivity contribution in [2.24, 2.45) is 5.92 Å². The number of hydrogen-bond donors (Lipinski definition) is 0. The molecule has 1 unspecified atom stereocenters. The summed E-state index contributed by atoms with van der Waals surface area (Å²) in [6, 6.07) is 0. The van der Waals surface area contributed by atoms with Gasteiger partial charge in [-0.25, -0.2) is 0 Å². The monoisotopic (exact) mass is 140 g/mol. The molecule has 0 N–H and O–H groups in total. The van der Waals surface area contributed by atoms with Gasteiger partial charge in [-0.15, -0.1) is 11.5 Å². The summed E-state index contributed by atoms with van der Waals surface area (Å²) < 4.78 is 0. The van der Waals surface area contributed by atoms with Crippen molar-refractivity contribution in [2.75, 3.05) is 0 Å². The lowest BCUT2D eigenvalue weighted by Gasteiger charge is -1.94. The first-order chi connectivity index (χ1) is 4.16. The van der Waals surface area contributed by atoms with Crippen molar-refractivity contribution in [3.63, 3.8) is 0 Å². The van der Waals surface area contributed by atoms with E-state index in [0.717, 1.165) is 0 Å². The van der Waals surface area contributed by atoms with Gasteiger partial charge >= 0.3 is 0 Å². The van der Waals surface area contributed by atoms with Gasteiger partial charge < -0.3 is 0 Å². The second-order valence-corrected chi connectivity index (χ2v) is 5.35. The predicted octanol–water partition coefficient (Wildman–Crippen LogP) is 2.06. The Labute approximate surface area is 60.3 Å². The molecule has 0 fully saturated rings. The molecule has 0 radical (unpaired) electrons. The molecule has 0 aromatic heterocycles. The minimum Gasteiger partial charge on any atom is -0.136 e. The highest BCUT2D eigenvalue weighted by atomic mass is 28.3. The quantitative estimate of drug-likeness (QED) is 0.386. The highest BCUT2D eigenvalue weighted by Gasteiger charge is 1.90. The molecule has 0 saturated heterocycles. The third kappa shape index (κ3) is 5.65. The molecule has 9 heavy (non-hydrogen) atoms. The van der Waals surface area contributed by atoms with Crippen LogP contribution in [0.25, 0.3) is 0 Å². The van der Waals surface area contributed by atoms with Crippen LogP contribution in [0, 0.1) is 17.4 Å². The zero-order valence-electron chi connectivity index (χ0n) is 6.86. The molecule has 0 aliphatic carbocycles. The number of hydrogen-bond acceptors (Lipinski definition) is 0. The lowest BCUT2D eigenvalue weighted by Crippen LogP contribution is -1.95. The molecule has 0 heterocycles. The first-order valence-electron chi connectivity index (χ1n) is 3.67. The largest absolute Gasteiger partial charge is 0.136 e. The molecule has 1 heteroatoms. The van der Waals surface area contributed by atoms with Gasteiger partial charge in [0.25, 0.3) is 0 Å². The van der Waals surface area contributed by atoms with Crippen molar-refractivity contribution in [1.29, 1.82) is 0 Å². The lowest BCUT2D eigenvalue weighted by atomic mass is 10.1. The molecular formula is C8H16Si. The van der Waals surface area contributed by atoms with Crippen molar-refractivity contribution in [1.82, 2.24) is 0 Å². The molecule has 0 amide bonds. The van der Waals surface area contributed by atoms with Crippen LogP contribution >= 0.6 is 0 Å². The summed E-state index contributed by atoms with van der Waals surface area (Å²) in [5, 5.41) is 0. The molecule has 0 saturated carbocycles. The molecule has 0 aromatic carbocycles. The van der Waals surface area contributed by atoms with Crippen molar-refractivity contribution >= 4 is 8.80 Å². The molecule has 0 rings (SSSR count). The first kappa shape index (κ1) is 8.78. The summed E-state index contributed by atoms with van der Waals surface area (Å²) in [6.07, 6.45) is 1.19. The predicted molar refractivity (Wildman–Crippen MR) is 46.1 cm³/mol. The summed E-state index contributed by atoms with van der Waals surface area (Å²) in [4.78, 5) is 0. The van der Waals surface area contributed by atoms with Gasteiger partial charge in [-0.05, 0) is 6.42 Å². The fourth-order valence-corrected chi connectivity index (χ4v) is 1.03. The van der Waals surface area contributed by atoms with Crippen molar-refractivity contribution in [2.45, 2.75) is 33.4 Å². The standard InChI is InChI=1S/C8H16Si/c1-5-8(2)6-7-9(3)4/h8-9H,5H2,1-4H3. The summed E-state index contributed by atoms with van der Waals surface area (Å²) in [6.45, 7) is 8.88. The molecular weight excluding hydrogens is 124 g/mol. The average Bonchev–Trinajstić information content (AvgIpc) is 1.83. The highest BCUT2D eigenvalue weighted by molar-refractivity contribution is 6.64. The summed E-state index contributed by atoms with van der Waals surface area (Å²) in [5.74, 6) is 3.85. The van der Waals surface area contributed by atoms with E-state index in [4.69, 9.17) is 0 Å². The fraction of sp³-hybridized carbons (Fsp3) is 0.750. The molecule has 52 valence electrons. The van der Waals surface area contributed by atoms with Crippen LogP contribution in [0.1, 0.15) is 20.3 Å². The van der Waals surface area contributed by atoms with E-state index in [-0.39, 0.29) is 0 Å². The van der Waals surface area contributed by atoms with Gasteiger partial charge in [0.2, 0.25) is 0 Å². The lowest BCUT2D eigenvalue weighted by molar-refractivity contribution is 0.724. The van der Waals surface area contributed by atoms with Crippen LogP contribution in [0.4, 0.5) is 0 Å². The van der Waals surface area contributed by atoms with E-state index in [1.807, 2.05) is 0 Å². The van der Waals surface area contributed by atoms with Crippen LogP contribution in [-0.2, 0) is 0 Å². The maximum Gasteiger partial charge on any atom is 0.116 e. The molecule has 0 aromatic rings. The van der Waals surface area contributed by atoms with E-state index >= 15 is 0 Å². The topological polar surface area (TPSA) is 0 Å². The SMILES string of the molecule is CCC(C)C#C[SiH](C)C. The van der Waals surface area contributed by atoms with Crippen LogP contribution in [-0.4, -0.2) is 8.80 Å². The Morgan fingerprint density at radius 1 is 1.44 bits per heavy atom. The van der Waals surface area contributed by atoms with E-state index in [1.54, 1.807) is 0 Å². The van der Waals surface area contributed by atoms with E-state index in [0.29, 0.717) is 5.92 Å². The van der Waals surface area contributed by atoms with Crippen LogP contribution < -0.4 is 0 Å². The second kappa shape index (κ2) is 4.64. The summed E-state index contributed by atoms with van der Waals surface area (Å²) in [7, 11) is -0.602. The smallest absolute Gasteiger partial charge is 0.116 e. The zero-order chi connectivity index (χ0) is 7.28. The van der Waals surface area contributed by atoms with Crippen LogP contribution in [0.15, 0.2) is 0 Å². The van der Waals surface area contributed by atoms with Crippen LogP contribution in [0.5, 0.6) is 0 Å². The maximum absolute atomic E-state index is 3.29. The van der Waals surface area contributed by atoms with Crippen molar-refractivity contribution in [3.05, 3.63) is 0 Å². The average molecular weight is 140 g/mol. The maximum atomic E-state index is 3.29. The van der Waals surface area contributed by atoms with Crippen LogP contribution in [0.3, 0.4) is 0 Å². The molecule has 0 bridgehead atoms. The molecule has 0 aliphatic rings. The zero-order valence-corrected chi connectivity index (χ0v) is 8.02. The van der Waals surface area contributed by atoms with E-state index in [1.165, 1.54) is 6.42 Å². The second-order valence-electron chi connectivity index (χ2n) is 2.75. The van der Waals surface area contributed by atoms with Gasteiger partial charge in [-0.2, -0.15) is 0 Å². The minimum absolute atomic E-state index is 0.602. The Bertz CT molecular complexity index is 116. The fourth-order valence-electron chi connectivity index (χ4n) is 0.411. The van der Waals surface area contributed by atoms with E-state index in [9.17, 15) is 0 Å². The van der Waals surface area contributed by atoms with Crippen molar-refractivity contribution in [3.8, 4) is 11.5 Å². The Balaban J connectivity index is 3.58. The Morgan fingerprint density at radius 3 is 2.33 bits per heavy atom. The molecule has 0 spiro atoms. The van der Waals surface area contributed by atoms with Gasteiger partial charge in [0.15, 0.2) is 0 Å². The third-order valence-corrected chi connectivity index (χ3v) is 1.97. The minimum atomic E-state index is -0.602. The third-order valence-electron chi connectivity index (χ3n) is 1.23. The van der Waals surface area contributed by atoms with Gasteiger partial charge in [-0.1, -0.05) is 26.9 Å². The van der Waals surface area contributed by atoms with Gasteiger partial charge in [0.05, 0.1) is 0 Å². The highest BCUT2D eigenvalue weighted by Crippen LogP contribution is 1.96. The van der Waals surface area contributed by atoms with Crippen LogP contribution in [0.2, 0.25) is 13.1 Å². The Hall–Kier alpha value is -0.223. The Morgan fingerprint density at radius 2 is 2.00 bits per heavy atom. The van der Waals surface area contributed by atoms with E-state index in [2.05, 4.69) is 38.4 Å². The Kier molecular flexibility index (Phi) is 4.52. The molecule has 0 nitrogen and oxygen atoms in total. The van der Waals surface area contributed by atoms with Gasteiger partial charge in [-0.3, -0.25) is 0 Å². The van der Waals surface area contributed by atoms with E-state index < -0.39 is 8.80 Å². The molecule has 0 aliphatic heterocycles. The van der Waals surface area contributed by atoms with Gasteiger partial charge in [0.1, 0.15) is 8.80 Å².